The lowest BCUT2D eigenvalue weighted by Crippen LogP contribution is -2.33. The van der Waals surface area contributed by atoms with Crippen LogP contribution in [0.3, 0.4) is 0 Å². The highest BCUT2D eigenvalue weighted by Gasteiger charge is 2.44. The zero-order valence-electron chi connectivity index (χ0n) is 18.6. The molecule has 4 atom stereocenters. The maximum Gasteiger partial charge on any atom is 0.167 e. The molecule has 3 aromatic rings. The Labute approximate surface area is 191 Å². The summed E-state index contributed by atoms with van der Waals surface area (Å²) in [7, 11) is 3.30. The van der Waals surface area contributed by atoms with Gasteiger partial charge in [0, 0.05) is 32.4 Å². The quantitative estimate of drug-likeness (QED) is 0.368. The highest BCUT2D eigenvalue weighted by molar-refractivity contribution is 5.83. The van der Waals surface area contributed by atoms with E-state index in [4.69, 9.17) is 14.2 Å². The molecule has 1 aromatic carbocycles. The van der Waals surface area contributed by atoms with Crippen LogP contribution in [0.25, 0.3) is 11.2 Å². The SMILES string of the molecule is COCCCN(Cc1ccccc1OC)c1ncnc2c1ncn2[C@@H]1O[C@H](CO)[C@@H](O)[C@H]1O. The molecule has 4 rings (SSSR count). The number of aliphatic hydroxyl groups excluding tert-OH is 3. The molecule has 11 heteroatoms. The van der Waals surface area contributed by atoms with Crippen LogP contribution < -0.4 is 9.64 Å². The zero-order chi connectivity index (χ0) is 23.4. The van der Waals surface area contributed by atoms with E-state index in [0.717, 1.165) is 17.7 Å². The fraction of sp³-hybridized carbons (Fsp3) is 0.500. The third-order valence-corrected chi connectivity index (χ3v) is 5.76. The van der Waals surface area contributed by atoms with Crippen molar-refractivity contribution in [2.75, 3.05) is 38.9 Å². The average molecular weight is 460 g/mol. The third kappa shape index (κ3) is 4.63. The number of fused-ring (bicyclic) bond motifs is 1. The number of ether oxygens (including phenoxy) is 3. The average Bonchev–Trinajstić information content (AvgIpc) is 3.39. The summed E-state index contributed by atoms with van der Waals surface area (Å²) in [6, 6.07) is 7.78. The monoisotopic (exact) mass is 459 g/mol. The minimum absolute atomic E-state index is 0.409. The normalized spacial score (nSPS) is 22.7. The van der Waals surface area contributed by atoms with Crippen LogP contribution >= 0.6 is 0 Å². The van der Waals surface area contributed by atoms with E-state index in [2.05, 4.69) is 19.9 Å². The lowest BCUT2D eigenvalue weighted by molar-refractivity contribution is -0.0511. The number of benzene rings is 1. The van der Waals surface area contributed by atoms with E-state index in [1.807, 2.05) is 24.3 Å². The van der Waals surface area contributed by atoms with Gasteiger partial charge in [0.15, 0.2) is 23.2 Å². The topological polar surface area (TPSA) is 135 Å². The van der Waals surface area contributed by atoms with Crippen molar-refractivity contribution in [3.63, 3.8) is 0 Å². The van der Waals surface area contributed by atoms with Crippen molar-refractivity contribution in [3.8, 4) is 5.75 Å². The fourth-order valence-corrected chi connectivity index (χ4v) is 4.07. The van der Waals surface area contributed by atoms with E-state index in [1.165, 1.54) is 12.7 Å². The molecule has 0 saturated carbocycles. The Balaban J connectivity index is 1.69. The van der Waals surface area contributed by atoms with Crippen LogP contribution in [-0.2, 0) is 16.0 Å². The molecule has 3 heterocycles. The van der Waals surface area contributed by atoms with Crippen LogP contribution in [0.15, 0.2) is 36.9 Å². The van der Waals surface area contributed by atoms with E-state index < -0.39 is 31.1 Å². The first-order chi connectivity index (χ1) is 16.1. The minimum atomic E-state index is -1.23. The third-order valence-electron chi connectivity index (χ3n) is 5.76. The maximum atomic E-state index is 10.4. The number of nitrogens with zero attached hydrogens (tertiary/aromatic N) is 5. The van der Waals surface area contributed by atoms with Gasteiger partial charge in [-0.3, -0.25) is 4.57 Å². The summed E-state index contributed by atoms with van der Waals surface area (Å²) in [5, 5.41) is 30.0. The van der Waals surface area contributed by atoms with Crippen molar-refractivity contribution in [2.24, 2.45) is 0 Å². The molecule has 178 valence electrons. The summed E-state index contributed by atoms with van der Waals surface area (Å²) in [5.74, 6) is 1.39. The molecule has 0 bridgehead atoms. The Morgan fingerprint density at radius 3 is 2.67 bits per heavy atom. The molecule has 1 fully saturated rings. The van der Waals surface area contributed by atoms with Gasteiger partial charge in [-0.15, -0.1) is 0 Å². The molecule has 11 nitrogen and oxygen atoms in total. The molecule has 1 aliphatic rings. The van der Waals surface area contributed by atoms with Crippen molar-refractivity contribution < 1.29 is 29.5 Å². The van der Waals surface area contributed by atoms with Crippen LogP contribution in [0, 0.1) is 0 Å². The van der Waals surface area contributed by atoms with Gasteiger partial charge in [-0.2, -0.15) is 0 Å². The molecular weight excluding hydrogens is 430 g/mol. The fourth-order valence-electron chi connectivity index (χ4n) is 4.07. The molecule has 0 amide bonds. The van der Waals surface area contributed by atoms with Crippen molar-refractivity contribution in [2.45, 2.75) is 37.5 Å². The van der Waals surface area contributed by atoms with Gasteiger partial charge in [-0.25, -0.2) is 15.0 Å². The molecule has 3 N–H and O–H groups in total. The van der Waals surface area contributed by atoms with E-state index >= 15 is 0 Å². The molecule has 1 saturated heterocycles. The minimum Gasteiger partial charge on any atom is -0.496 e. The van der Waals surface area contributed by atoms with Gasteiger partial charge >= 0.3 is 0 Å². The lowest BCUT2D eigenvalue weighted by atomic mass is 10.1. The molecule has 0 radical (unpaired) electrons. The van der Waals surface area contributed by atoms with Gasteiger partial charge in [-0.1, -0.05) is 18.2 Å². The number of rotatable bonds is 10. The Hall–Kier alpha value is -2.83. The zero-order valence-corrected chi connectivity index (χ0v) is 18.6. The second-order valence-electron chi connectivity index (χ2n) is 7.83. The number of methoxy groups -OCH3 is 2. The summed E-state index contributed by atoms with van der Waals surface area (Å²) in [6.07, 6.45) is -0.560. The number of para-hydroxylation sites is 1. The highest BCUT2D eigenvalue weighted by Crippen LogP contribution is 2.33. The first-order valence-electron chi connectivity index (χ1n) is 10.7. The molecule has 0 unspecified atom stereocenters. The van der Waals surface area contributed by atoms with E-state index in [9.17, 15) is 15.3 Å². The standard InChI is InChI=1S/C22H29N5O6/c1-31-9-5-8-26(10-14-6-3-4-7-15(14)32-2)20-17-21(24-12-23-20)27(13-25-17)22-19(30)18(29)16(11-28)33-22/h3-4,6-7,12-13,16,18-19,22,28-30H,5,8-11H2,1-2H3/t16-,18-,19-,22-/m1/s1. The summed E-state index contributed by atoms with van der Waals surface area (Å²) in [6.45, 7) is 1.36. The molecule has 33 heavy (non-hydrogen) atoms. The Kier molecular flexibility index (Phi) is 7.36. The van der Waals surface area contributed by atoms with E-state index in [-0.39, 0.29) is 0 Å². The van der Waals surface area contributed by atoms with Crippen LogP contribution in [0.4, 0.5) is 5.82 Å². The van der Waals surface area contributed by atoms with E-state index in [0.29, 0.717) is 36.7 Å². The van der Waals surface area contributed by atoms with Crippen LogP contribution in [0.1, 0.15) is 18.2 Å². The van der Waals surface area contributed by atoms with Gasteiger partial charge in [0.05, 0.1) is 20.0 Å². The lowest BCUT2D eigenvalue weighted by Gasteiger charge is -2.25. The second-order valence-corrected chi connectivity index (χ2v) is 7.83. The summed E-state index contributed by atoms with van der Waals surface area (Å²) < 4.78 is 18.0. The maximum absolute atomic E-state index is 10.4. The van der Waals surface area contributed by atoms with Gasteiger partial charge in [0.25, 0.3) is 0 Å². The Morgan fingerprint density at radius 2 is 1.94 bits per heavy atom. The number of aliphatic hydroxyl groups is 3. The van der Waals surface area contributed by atoms with Crippen molar-refractivity contribution in [1.82, 2.24) is 19.5 Å². The first kappa shape index (κ1) is 23.3. The molecular formula is C22H29N5O6. The van der Waals surface area contributed by atoms with Gasteiger partial charge in [0.2, 0.25) is 0 Å². The highest BCUT2D eigenvalue weighted by atomic mass is 16.6. The number of hydrogen-bond acceptors (Lipinski definition) is 10. The van der Waals surface area contributed by atoms with Crippen molar-refractivity contribution in [1.29, 1.82) is 0 Å². The van der Waals surface area contributed by atoms with Gasteiger partial charge in [-0.05, 0) is 12.5 Å². The number of aromatic nitrogens is 4. The van der Waals surface area contributed by atoms with Crippen LogP contribution in [0.2, 0.25) is 0 Å². The number of imidazole rings is 1. The smallest absolute Gasteiger partial charge is 0.167 e. The molecule has 0 spiro atoms. The Morgan fingerprint density at radius 1 is 1.12 bits per heavy atom. The van der Waals surface area contributed by atoms with Gasteiger partial charge in [0.1, 0.15) is 30.4 Å². The van der Waals surface area contributed by atoms with Crippen molar-refractivity contribution in [3.05, 3.63) is 42.5 Å². The molecule has 0 aliphatic carbocycles. The molecule has 1 aliphatic heterocycles. The molecule has 2 aromatic heterocycles. The predicted molar refractivity (Wildman–Crippen MR) is 119 cm³/mol. The first-order valence-corrected chi connectivity index (χ1v) is 10.7. The summed E-state index contributed by atoms with van der Waals surface area (Å²) in [4.78, 5) is 15.4. The predicted octanol–water partition coefficient (Wildman–Crippen LogP) is 0.489. The summed E-state index contributed by atoms with van der Waals surface area (Å²) in [5.41, 5.74) is 1.97. The van der Waals surface area contributed by atoms with Crippen LogP contribution in [0.5, 0.6) is 5.75 Å². The van der Waals surface area contributed by atoms with Gasteiger partial charge < -0.3 is 34.4 Å². The van der Waals surface area contributed by atoms with E-state index in [1.54, 1.807) is 18.8 Å². The number of hydrogen-bond donors (Lipinski definition) is 3. The largest absolute Gasteiger partial charge is 0.496 e. The second kappa shape index (κ2) is 10.4. The van der Waals surface area contributed by atoms with Crippen molar-refractivity contribution >= 4 is 17.0 Å². The Bertz CT molecular complexity index is 1060. The summed E-state index contributed by atoms with van der Waals surface area (Å²) >= 11 is 0. The number of anilines is 1. The van der Waals surface area contributed by atoms with Crippen LogP contribution in [-0.4, -0.2) is 87.1 Å².